The molecule has 3 unspecified atom stereocenters. The van der Waals surface area contributed by atoms with E-state index in [0.717, 1.165) is 18.4 Å². The average molecular weight is 314 g/mol. The van der Waals surface area contributed by atoms with E-state index >= 15 is 0 Å². The molecule has 6 nitrogen and oxygen atoms in total. The van der Waals surface area contributed by atoms with E-state index in [1.165, 1.54) is 0 Å². The first-order valence-corrected chi connectivity index (χ1v) is 8.81. The molecule has 7 heteroatoms. The summed E-state index contributed by atoms with van der Waals surface area (Å²) in [5.41, 5.74) is 1.48. The maximum atomic E-state index is 11.1. The Morgan fingerprint density at radius 1 is 1.24 bits per heavy atom. The van der Waals surface area contributed by atoms with Crippen molar-refractivity contribution in [3.63, 3.8) is 0 Å². The predicted molar refractivity (Wildman–Crippen MR) is 83.1 cm³/mol. The summed E-state index contributed by atoms with van der Waals surface area (Å²) in [6, 6.07) is 7.34. The van der Waals surface area contributed by atoms with E-state index in [0.29, 0.717) is 12.3 Å². The number of ether oxygens (including phenoxy) is 2. The highest BCUT2D eigenvalue weighted by Gasteiger charge is 2.42. The molecule has 1 saturated carbocycles. The monoisotopic (exact) mass is 314 g/mol. The van der Waals surface area contributed by atoms with Crippen LogP contribution < -0.4 is 10.0 Å². The third-order valence-electron chi connectivity index (χ3n) is 3.44. The fraction of sp³-hybridized carbons (Fsp3) is 0.571. The first-order chi connectivity index (χ1) is 9.93. The molecule has 0 aromatic heterocycles. The van der Waals surface area contributed by atoms with Crippen LogP contribution in [0.1, 0.15) is 13.3 Å². The Morgan fingerprint density at radius 2 is 1.86 bits per heavy atom. The van der Waals surface area contributed by atoms with Crippen LogP contribution in [0, 0.1) is 0 Å². The number of hydrogen-bond acceptors (Lipinski definition) is 5. The molecule has 1 aliphatic rings. The highest BCUT2D eigenvalue weighted by Crippen LogP contribution is 2.30. The minimum atomic E-state index is -3.24. The molecule has 0 bridgehead atoms. The van der Waals surface area contributed by atoms with E-state index in [1.807, 2.05) is 19.1 Å². The highest BCUT2D eigenvalue weighted by molar-refractivity contribution is 7.92. The molecule has 0 heterocycles. The fourth-order valence-electron chi connectivity index (χ4n) is 2.48. The van der Waals surface area contributed by atoms with Crippen LogP contribution >= 0.6 is 0 Å². The summed E-state index contributed by atoms with van der Waals surface area (Å²) in [6.07, 6.45) is 2.21. The third-order valence-corrected chi connectivity index (χ3v) is 4.05. The maximum absolute atomic E-state index is 11.1. The molecule has 2 N–H and O–H groups in total. The van der Waals surface area contributed by atoms with Crippen LogP contribution in [0.4, 0.5) is 11.4 Å². The molecule has 1 fully saturated rings. The molecule has 0 aliphatic heterocycles. The Bertz CT molecular complexity index is 559. The van der Waals surface area contributed by atoms with Crippen LogP contribution in [-0.4, -0.2) is 46.6 Å². The molecule has 2 rings (SSSR count). The van der Waals surface area contributed by atoms with Crippen molar-refractivity contribution in [2.75, 3.05) is 30.0 Å². The predicted octanol–water partition coefficient (Wildman–Crippen LogP) is 1.66. The lowest BCUT2D eigenvalue weighted by molar-refractivity contribution is -0.118. The number of nitrogens with one attached hydrogen (secondary N) is 2. The van der Waals surface area contributed by atoms with Crippen molar-refractivity contribution in [1.29, 1.82) is 0 Å². The lowest BCUT2D eigenvalue weighted by Gasteiger charge is -2.43. The number of benzene rings is 1. The summed E-state index contributed by atoms with van der Waals surface area (Å²) in [7, 11) is -1.56. The summed E-state index contributed by atoms with van der Waals surface area (Å²) < 4.78 is 35.7. The van der Waals surface area contributed by atoms with Crippen LogP contribution in [0.2, 0.25) is 0 Å². The Labute approximate surface area is 125 Å². The van der Waals surface area contributed by atoms with E-state index in [1.54, 1.807) is 19.2 Å². The van der Waals surface area contributed by atoms with Crippen molar-refractivity contribution in [3.05, 3.63) is 24.3 Å². The van der Waals surface area contributed by atoms with Gasteiger partial charge in [0, 0.05) is 25.1 Å². The van der Waals surface area contributed by atoms with Gasteiger partial charge in [0.2, 0.25) is 10.0 Å². The van der Waals surface area contributed by atoms with Crippen LogP contribution in [-0.2, 0) is 19.5 Å². The Hall–Kier alpha value is -1.31. The van der Waals surface area contributed by atoms with Gasteiger partial charge in [0.15, 0.2) is 0 Å². The molecule has 1 aromatic rings. The van der Waals surface area contributed by atoms with Crippen LogP contribution in [0.5, 0.6) is 0 Å². The molecule has 3 atom stereocenters. The molecule has 21 heavy (non-hydrogen) atoms. The lowest BCUT2D eigenvalue weighted by atomic mass is 9.85. The summed E-state index contributed by atoms with van der Waals surface area (Å²) >= 11 is 0. The van der Waals surface area contributed by atoms with Gasteiger partial charge in [-0.3, -0.25) is 4.72 Å². The van der Waals surface area contributed by atoms with Gasteiger partial charge in [0.1, 0.15) is 6.10 Å². The number of rotatable bonds is 7. The molecular weight excluding hydrogens is 292 g/mol. The zero-order valence-corrected chi connectivity index (χ0v) is 13.3. The maximum Gasteiger partial charge on any atom is 0.229 e. The number of anilines is 2. The molecule has 1 aromatic carbocycles. The minimum Gasteiger partial charge on any atom is -0.379 e. The molecule has 0 radical (unpaired) electrons. The molecular formula is C14H22N2O4S. The van der Waals surface area contributed by atoms with Crippen molar-refractivity contribution in [2.45, 2.75) is 31.6 Å². The van der Waals surface area contributed by atoms with Gasteiger partial charge in [0.05, 0.1) is 18.4 Å². The molecule has 1 aliphatic carbocycles. The van der Waals surface area contributed by atoms with E-state index in [4.69, 9.17) is 9.47 Å². The Kier molecular flexibility index (Phi) is 5.08. The fourth-order valence-corrected chi connectivity index (χ4v) is 3.04. The third kappa shape index (κ3) is 4.33. The second-order valence-corrected chi connectivity index (χ2v) is 6.88. The first kappa shape index (κ1) is 16.1. The van der Waals surface area contributed by atoms with Gasteiger partial charge in [-0.25, -0.2) is 8.42 Å². The van der Waals surface area contributed by atoms with Crippen molar-refractivity contribution < 1.29 is 17.9 Å². The standard InChI is InChI=1S/C14H22N2O4S/c1-4-20-13-9-12(14(13)19-2)15-10-5-7-11(8-6-10)16-21(3,17)18/h5-8,12-16H,4,9H2,1-3H3. The first-order valence-electron chi connectivity index (χ1n) is 6.91. The van der Waals surface area contributed by atoms with E-state index in [9.17, 15) is 8.42 Å². The van der Waals surface area contributed by atoms with Crippen molar-refractivity contribution in [2.24, 2.45) is 0 Å². The SMILES string of the molecule is CCOC1CC(Nc2ccc(NS(C)(=O)=O)cc2)C1OC. The topological polar surface area (TPSA) is 76.7 Å². The second kappa shape index (κ2) is 6.64. The molecule has 0 amide bonds. The quantitative estimate of drug-likeness (QED) is 0.800. The largest absolute Gasteiger partial charge is 0.379 e. The molecule has 118 valence electrons. The Morgan fingerprint density at radius 3 is 2.38 bits per heavy atom. The molecule has 0 saturated heterocycles. The van der Waals surface area contributed by atoms with Crippen LogP contribution in [0.15, 0.2) is 24.3 Å². The van der Waals surface area contributed by atoms with Gasteiger partial charge in [0.25, 0.3) is 0 Å². The van der Waals surface area contributed by atoms with E-state index in [-0.39, 0.29) is 18.2 Å². The van der Waals surface area contributed by atoms with Crippen LogP contribution in [0.3, 0.4) is 0 Å². The van der Waals surface area contributed by atoms with Gasteiger partial charge in [-0.05, 0) is 37.6 Å². The van der Waals surface area contributed by atoms with Crippen molar-refractivity contribution >= 4 is 21.4 Å². The average Bonchev–Trinajstić information content (AvgIpc) is 2.38. The van der Waals surface area contributed by atoms with Crippen molar-refractivity contribution in [1.82, 2.24) is 0 Å². The van der Waals surface area contributed by atoms with Gasteiger partial charge < -0.3 is 14.8 Å². The summed E-state index contributed by atoms with van der Waals surface area (Å²) in [5, 5.41) is 3.38. The molecule has 0 spiro atoms. The van der Waals surface area contributed by atoms with Crippen LogP contribution in [0.25, 0.3) is 0 Å². The lowest BCUT2D eigenvalue weighted by Crippen LogP contribution is -2.56. The van der Waals surface area contributed by atoms with Gasteiger partial charge in [-0.15, -0.1) is 0 Å². The van der Waals surface area contributed by atoms with E-state index in [2.05, 4.69) is 10.0 Å². The van der Waals surface area contributed by atoms with Gasteiger partial charge >= 0.3 is 0 Å². The Balaban J connectivity index is 1.92. The summed E-state index contributed by atoms with van der Waals surface area (Å²) in [5.74, 6) is 0. The zero-order chi connectivity index (χ0) is 15.5. The normalized spacial score (nSPS) is 25.2. The van der Waals surface area contributed by atoms with Crippen molar-refractivity contribution in [3.8, 4) is 0 Å². The highest BCUT2D eigenvalue weighted by atomic mass is 32.2. The van der Waals surface area contributed by atoms with E-state index < -0.39 is 10.0 Å². The number of methoxy groups -OCH3 is 1. The minimum absolute atomic E-state index is 0.0405. The van der Waals surface area contributed by atoms with Gasteiger partial charge in [-0.1, -0.05) is 0 Å². The van der Waals surface area contributed by atoms with Gasteiger partial charge in [-0.2, -0.15) is 0 Å². The number of hydrogen-bond donors (Lipinski definition) is 2. The second-order valence-electron chi connectivity index (χ2n) is 5.13. The zero-order valence-electron chi connectivity index (χ0n) is 12.5. The smallest absolute Gasteiger partial charge is 0.229 e. The summed E-state index contributed by atoms with van der Waals surface area (Å²) in [4.78, 5) is 0. The number of sulfonamides is 1. The summed E-state index contributed by atoms with van der Waals surface area (Å²) in [6.45, 7) is 2.66.